The van der Waals surface area contributed by atoms with Gasteiger partial charge in [0.15, 0.2) is 0 Å². The first-order chi connectivity index (χ1) is 6.60. The summed E-state index contributed by atoms with van der Waals surface area (Å²) in [7, 11) is -0.488. The van der Waals surface area contributed by atoms with Crippen molar-refractivity contribution in [3.63, 3.8) is 0 Å². The van der Waals surface area contributed by atoms with Crippen molar-refractivity contribution in [2.24, 2.45) is 0 Å². The predicted octanol–water partition coefficient (Wildman–Crippen LogP) is 0.934. The van der Waals surface area contributed by atoms with Gasteiger partial charge in [0.2, 0.25) is 0 Å². The van der Waals surface area contributed by atoms with Crippen LogP contribution >= 0.6 is 0 Å². The summed E-state index contributed by atoms with van der Waals surface area (Å²) in [4.78, 5) is 16.2. The number of nitrogens with one attached hydrogen (secondary N) is 1. The minimum atomic E-state index is -0.488. The van der Waals surface area contributed by atoms with Crippen LogP contribution in [0.15, 0.2) is 24.3 Å². The Balaban J connectivity index is 0.000000500. The summed E-state index contributed by atoms with van der Waals surface area (Å²) in [5.41, 5.74) is 2.17. The molecule has 1 rings (SSSR count). The normalized spacial score (nSPS) is 7.93. The standard InChI is InChI=1S/C8H12BNO.CO2/c1-7-3-5-8(6-4-7)10-9(2)11;2-1-3/h3-6,10-11H,1-2H3;. The fourth-order valence-corrected chi connectivity index (χ4v) is 0.891. The Morgan fingerprint density at radius 3 is 2.07 bits per heavy atom. The SMILES string of the molecule is CB(O)Nc1ccc(C)cc1.O=C=O. The van der Waals surface area contributed by atoms with Crippen molar-refractivity contribution in [2.45, 2.75) is 13.7 Å². The molecule has 0 atom stereocenters. The van der Waals surface area contributed by atoms with Crippen LogP contribution in [0.2, 0.25) is 6.82 Å². The maximum atomic E-state index is 8.96. The highest BCUT2D eigenvalue weighted by Gasteiger charge is 2.00. The van der Waals surface area contributed by atoms with E-state index in [4.69, 9.17) is 14.6 Å². The minimum absolute atomic E-state index is 0.250. The van der Waals surface area contributed by atoms with Crippen molar-refractivity contribution in [2.75, 3.05) is 5.23 Å². The molecule has 2 N–H and O–H groups in total. The first-order valence-electron chi connectivity index (χ1n) is 4.10. The summed E-state index contributed by atoms with van der Waals surface area (Å²) in [6.45, 7) is 3.73. The molecule has 5 heteroatoms. The molecule has 0 saturated heterocycles. The van der Waals surface area contributed by atoms with E-state index in [1.54, 1.807) is 6.82 Å². The molecule has 0 amide bonds. The van der Waals surface area contributed by atoms with E-state index in [0.717, 1.165) is 5.69 Å². The van der Waals surface area contributed by atoms with Crippen molar-refractivity contribution in [1.82, 2.24) is 0 Å². The summed E-state index contributed by atoms with van der Waals surface area (Å²) in [5.74, 6) is 0. The largest absolute Gasteiger partial charge is 0.433 e. The van der Waals surface area contributed by atoms with Gasteiger partial charge >= 0.3 is 13.2 Å². The molecule has 14 heavy (non-hydrogen) atoms. The van der Waals surface area contributed by atoms with Crippen molar-refractivity contribution in [1.29, 1.82) is 0 Å². The molecule has 0 unspecified atom stereocenters. The van der Waals surface area contributed by atoms with E-state index in [0.29, 0.717) is 0 Å². The number of hydrogen-bond acceptors (Lipinski definition) is 4. The molecule has 4 nitrogen and oxygen atoms in total. The molecule has 0 aliphatic rings. The first kappa shape index (κ1) is 12.4. The van der Waals surface area contributed by atoms with Crippen LogP contribution in [0.3, 0.4) is 0 Å². The van der Waals surface area contributed by atoms with Gasteiger partial charge in [-0.15, -0.1) is 0 Å². The molecular formula is C9H12BNO3. The van der Waals surface area contributed by atoms with Crippen LogP contribution in [0.5, 0.6) is 0 Å². The number of anilines is 1. The topological polar surface area (TPSA) is 66.4 Å². The number of carbonyl (C=O) groups excluding carboxylic acids is 2. The van der Waals surface area contributed by atoms with Gasteiger partial charge in [0.25, 0.3) is 0 Å². The molecule has 0 bridgehead atoms. The second-order valence-corrected chi connectivity index (χ2v) is 2.77. The Bertz CT molecular complexity index is 291. The van der Waals surface area contributed by atoms with E-state index >= 15 is 0 Å². The van der Waals surface area contributed by atoms with Gasteiger partial charge in [0.05, 0.1) is 0 Å². The van der Waals surface area contributed by atoms with E-state index in [2.05, 4.69) is 5.23 Å². The Hall–Kier alpha value is -1.58. The van der Waals surface area contributed by atoms with Gasteiger partial charge in [0.1, 0.15) is 0 Å². The zero-order chi connectivity index (χ0) is 11.0. The Morgan fingerprint density at radius 1 is 1.29 bits per heavy atom. The maximum absolute atomic E-state index is 8.96. The van der Waals surface area contributed by atoms with E-state index in [1.165, 1.54) is 5.56 Å². The quantitative estimate of drug-likeness (QED) is 0.685. The van der Waals surface area contributed by atoms with Gasteiger partial charge in [0, 0.05) is 5.69 Å². The van der Waals surface area contributed by atoms with Gasteiger partial charge in [-0.25, -0.2) is 0 Å². The monoisotopic (exact) mass is 193 g/mol. The molecule has 0 heterocycles. The third kappa shape index (κ3) is 6.00. The second-order valence-electron chi connectivity index (χ2n) is 2.77. The maximum Gasteiger partial charge on any atom is 0.406 e. The minimum Gasteiger partial charge on any atom is -0.433 e. The fourth-order valence-electron chi connectivity index (χ4n) is 0.891. The van der Waals surface area contributed by atoms with Gasteiger partial charge in [-0.1, -0.05) is 17.7 Å². The predicted molar refractivity (Wildman–Crippen MR) is 53.6 cm³/mol. The average Bonchev–Trinajstić information content (AvgIpc) is 2.09. The van der Waals surface area contributed by atoms with Crippen LogP contribution < -0.4 is 5.23 Å². The van der Waals surface area contributed by atoms with E-state index in [-0.39, 0.29) is 6.15 Å². The highest BCUT2D eigenvalue weighted by Crippen LogP contribution is 2.07. The lowest BCUT2D eigenvalue weighted by Crippen LogP contribution is -2.19. The molecule has 0 aromatic heterocycles. The summed E-state index contributed by atoms with van der Waals surface area (Å²) in [5, 5.41) is 11.9. The number of hydrogen-bond donors (Lipinski definition) is 2. The van der Waals surface area contributed by atoms with Gasteiger partial charge in [-0.3, -0.25) is 0 Å². The van der Waals surface area contributed by atoms with Crippen molar-refractivity contribution in [3.8, 4) is 0 Å². The van der Waals surface area contributed by atoms with Crippen LogP contribution in [0, 0.1) is 6.92 Å². The van der Waals surface area contributed by atoms with E-state index in [9.17, 15) is 0 Å². The average molecular weight is 193 g/mol. The van der Waals surface area contributed by atoms with E-state index in [1.807, 2.05) is 31.2 Å². The molecule has 0 aliphatic heterocycles. The van der Waals surface area contributed by atoms with Crippen molar-refractivity contribution < 1.29 is 14.6 Å². The zero-order valence-corrected chi connectivity index (χ0v) is 8.15. The van der Waals surface area contributed by atoms with Crippen LogP contribution in [-0.2, 0) is 9.59 Å². The van der Waals surface area contributed by atoms with Crippen molar-refractivity contribution >= 4 is 18.9 Å². The number of aryl methyl sites for hydroxylation is 1. The number of benzene rings is 1. The molecule has 1 aromatic rings. The van der Waals surface area contributed by atoms with Crippen LogP contribution in [0.25, 0.3) is 0 Å². The highest BCUT2D eigenvalue weighted by atomic mass is 16.2. The Kier molecular flexibility index (Phi) is 6.11. The molecule has 0 fully saturated rings. The lowest BCUT2D eigenvalue weighted by atomic mass is 9.88. The van der Waals surface area contributed by atoms with Gasteiger partial charge < -0.3 is 10.3 Å². The molecule has 0 aliphatic carbocycles. The molecule has 74 valence electrons. The van der Waals surface area contributed by atoms with Gasteiger partial charge in [-0.2, -0.15) is 9.59 Å². The van der Waals surface area contributed by atoms with Crippen LogP contribution in [0.1, 0.15) is 5.56 Å². The summed E-state index contributed by atoms with van der Waals surface area (Å²) >= 11 is 0. The molecule has 0 radical (unpaired) electrons. The first-order valence-corrected chi connectivity index (χ1v) is 4.10. The molecule has 1 aromatic carbocycles. The summed E-state index contributed by atoms with van der Waals surface area (Å²) in [6.07, 6.45) is 0.250. The number of rotatable bonds is 2. The Morgan fingerprint density at radius 2 is 1.71 bits per heavy atom. The fraction of sp³-hybridized carbons (Fsp3) is 0.222. The third-order valence-electron chi connectivity index (χ3n) is 1.43. The zero-order valence-electron chi connectivity index (χ0n) is 8.15. The van der Waals surface area contributed by atoms with E-state index < -0.39 is 7.05 Å². The summed E-state index contributed by atoms with van der Waals surface area (Å²) < 4.78 is 0. The lowest BCUT2D eigenvalue weighted by molar-refractivity contribution is -0.191. The van der Waals surface area contributed by atoms with Crippen molar-refractivity contribution in [3.05, 3.63) is 29.8 Å². The third-order valence-corrected chi connectivity index (χ3v) is 1.43. The second kappa shape index (κ2) is 6.89. The highest BCUT2D eigenvalue weighted by molar-refractivity contribution is 6.52. The lowest BCUT2D eigenvalue weighted by Gasteiger charge is -2.05. The summed E-state index contributed by atoms with van der Waals surface area (Å²) in [6, 6.07) is 7.90. The van der Waals surface area contributed by atoms with Crippen LogP contribution in [-0.4, -0.2) is 18.2 Å². The molecular weight excluding hydrogens is 181 g/mol. The Labute approximate surface area is 83.1 Å². The molecule has 0 spiro atoms. The van der Waals surface area contributed by atoms with Gasteiger partial charge in [-0.05, 0) is 25.9 Å². The van der Waals surface area contributed by atoms with Crippen LogP contribution in [0.4, 0.5) is 5.69 Å². The molecule has 0 saturated carbocycles. The smallest absolute Gasteiger partial charge is 0.406 e.